The third kappa shape index (κ3) is 3.11. The van der Waals surface area contributed by atoms with Crippen molar-refractivity contribution in [2.45, 2.75) is 27.2 Å². The van der Waals surface area contributed by atoms with Crippen LogP contribution in [0.2, 0.25) is 0 Å². The number of hydrogen-bond acceptors (Lipinski definition) is 6. The molecule has 0 spiro atoms. The van der Waals surface area contributed by atoms with Crippen LogP contribution in [0.1, 0.15) is 23.9 Å². The second-order valence-corrected chi connectivity index (χ2v) is 6.82. The van der Waals surface area contributed by atoms with E-state index < -0.39 is 10.9 Å². The summed E-state index contributed by atoms with van der Waals surface area (Å²) >= 11 is 0. The van der Waals surface area contributed by atoms with Gasteiger partial charge < -0.3 is 15.1 Å². The Kier molecular flexibility index (Phi) is 4.84. The van der Waals surface area contributed by atoms with Gasteiger partial charge in [0.25, 0.3) is 10.9 Å². The van der Waals surface area contributed by atoms with Crippen molar-refractivity contribution in [1.82, 2.24) is 14.7 Å². The fourth-order valence-electron chi connectivity index (χ4n) is 3.58. The van der Waals surface area contributed by atoms with Crippen LogP contribution in [0.5, 0.6) is 0 Å². The molecule has 0 radical (unpaired) electrons. The Balaban J connectivity index is 1.65. The van der Waals surface area contributed by atoms with Crippen LogP contribution in [-0.4, -0.2) is 53.3 Å². The van der Waals surface area contributed by atoms with E-state index in [1.807, 2.05) is 30.5 Å². The van der Waals surface area contributed by atoms with Gasteiger partial charge in [-0.1, -0.05) is 0 Å². The minimum atomic E-state index is -0.450. The first-order chi connectivity index (χ1) is 12.3. The summed E-state index contributed by atoms with van der Waals surface area (Å²) in [7, 11) is 1.91. The van der Waals surface area contributed by atoms with Crippen molar-refractivity contribution in [3.05, 3.63) is 37.4 Å². The molecule has 1 aromatic heterocycles. The lowest BCUT2D eigenvalue weighted by Crippen LogP contribution is -2.52. The highest BCUT2D eigenvalue weighted by Crippen LogP contribution is 2.22. The van der Waals surface area contributed by atoms with Gasteiger partial charge in [-0.15, -0.1) is 0 Å². The molecule has 1 aliphatic rings. The number of nitrogens with zero attached hydrogens (tertiary/aromatic N) is 4. The lowest BCUT2D eigenvalue weighted by Gasteiger charge is -2.36. The van der Waals surface area contributed by atoms with Crippen molar-refractivity contribution in [2.24, 2.45) is 7.05 Å². The van der Waals surface area contributed by atoms with Gasteiger partial charge in [-0.25, -0.2) is 0 Å². The van der Waals surface area contributed by atoms with E-state index in [4.69, 9.17) is 0 Å². The Morgan fingerprint density at radius 2 is 1.77 bits per heavy atom. The highest BCUT2D eigenvalue weighted by Gasteiger charge is 2.29. The van der Waals surface area contributed by atoms with E-state index in [9.17, 15) is 14.4 Å². The number of aryl methyl sites for hydroxylation is 2. The Morgan fingerprint density at radius 3 is 2.31 bits per heavy atom. The number of amides is 1. The second kappa shape index (κ2) is 6.93. The van der Waals surface area contributed by atoms with Crippen LogP contribution >= 0.6 is 0 Å². The number of anilines is 2. The number of aromatic nitrogens is 2. The third-order valence-corrected chi connectivity index (χ3v) is 5.26. The van der Waals surface area contributed by atoms with Crippen LogP contribution in [-0.2, 0) is 18.3 Å². The molecule has 2 heterocycles. The summed E-state index contributed by atoms with van der Waals surface area (Å²) < 4.78 is 1.85. The quantitative estimate of drug-likeness (QED) is 0.754. The van der Waals surface area contributed by atoms with Crippen LogP contribution in [0.25, 0.3) is 0 Å². The Hall–Kier alpha value is -2.64. The average Bonchev–Trinajstić information content (AvgIpc) is 2.86. The van der Waals surface area contributed by atoms with Crippen LogP contribution in [0.4, 0.5) is 11.4 Å². The maximum absolute atomic E-state index is 12.0. The highest BCUT2D eigenvalue weighted by molar-refractivity contribution is 5.77. The summed E-state index contributed by atoms with van der Waals surface area (Å²) in [4.78, 5) is 39.1. The largest absolute Gasteiger partial charge is 0.380 e. The van der Waals surface area contributed by atoms with Gasteiger partial charge in [0.2, 0.25) is 5.91 Å². The van der Waals surface area contributed by atoms with E-state index in [2.05, 4.69) is 10.4 Å². The molecule has 8 nitrogen and oxygen atoms in total. The van der Waals surface area contributed by atoms with Crippen LogP contribution in [0.15, 0.2) is 9.59 Å². The van der Waals surface area contributed by atoms with Crippen molar-refractivity contribution in [3.63, 3.8) is 0 Å². The molecule has 0 atom stereocenters. The lowest BCUT2D eigenvalue weighted by atomic mass is 10.1. The minimum Gasteiger partial charge on any atom is -0.380 e. The van der Waals surface area contributed by atoms with E-state index in [1.54, 1.807) is 11.8 Å². The minimum absolute atomic E-state index is 0.0372. The second-order valence-electron chi connectivity index (χ2n) is 6.82. The number of nitrogens with one attached hydrogen (secondary N) is 1. The summed E-state index contributed by atoms with van der Waals surface area (Å²) in [5.41, 5.74) is 3.25. The van der Waals surface area contributed by atoms with Gasteiger partial charge in [-0.05, 0) is 25.8 Å². The summed E-state index contributed by atoms with van der Waals surface area (Å²) in [5, 5.41) is 7.54. The topological polar surface area (TPSA) is 87.5 Å². The van der Waals surface area contributed by atoms with E-state index in [1.165, 1.54) is 0 Å². The number of rotatable bonds is 5. The molecule has 1 fully saturated rings. The van der Waals surface area contributed by atoms with Crippen LogP contribution in [0, 0.1) is 13.8 Å². The van der Waals surface area contributed by atoms with E-state index in [0.29, 0.717) is 44.1 Å². The zero-order valence-electron chi connectivity index (χ0n) is 15.8. The molecule has 1 aliphatic heterocycles. The number of hydrogen-bond donors (Lipinski definition) is 1. The molecule has 0 saturated carbocycles. The first-order valence-corrected chi connectivity index (χ1v) is 8.88. The van der Waals surface area contributed by atoms with Gasteiger partial charge >= 0.3 is 0 Å². The van der Waals surface area contributed by atoms with Gasteiger partial charge in [-0.3, -0.25) is 19.1 Å². The van der Waals surface area contributed by atoms with Crippen LogP contribution in [0.3, 0.4) is 0 Å². The summed E-state index contributed by atoms with van der Waals surface area (Å²) in [6.45, 7) is 8.39. The molecular weight excluding hydrogens is 334 g/mol. The third-order valence-electron chi connectivity index (χ3n) is 5.26. The maximum atomic E-state index is 12.0. The van der Waals surface area contributed by atoms with Crippen molar-refractivity contribution in [3.8, 4) is 0 Å². The normalized spacial score (nSPS) is 14.9. The zero-order chi connectivity index (χ0) is 19.0. The molecule has 1 aromatic carbocycles. The molecule has 3 rings (SSSR count). The van der Waals surface area contributed by atoms with Crippen molar-refractivity contribution in [2.75, 3.05) is 42.9 Å². The predicted molar refractivity (Wildman–Crippen MR) is 101 cm³/mol. The first-order valence-electron chi connectivity index (χ1n) is 8.88. The molecule has 1 N–H and O–H groups in total. The van der Waals surface area contributed by atoms with Gasteiger partial charge in [-0.2, -0.15) is 5.10 Å². The SMILES string of the molecule is CC(=O)N1CCN(c2c(NCCc3c(C)nn(C)c3C)c(=O)c2=O)CC1. The summed E-state index contributed by atoms with van der Waals surface area (Å²) in [6.07, 6.45) is 0.738. The lowest BCUT2D eigenvalue weighted by molar-refractivity contribution is -0.129. The monoisotopic (exact) mass is 359 g/mol. The molecule has 140 valence electrons. The zero-order valence-corrected chi connectivity index (χ0v) is 15.8. The molecule has 26 heavy (non-hydrogen) atoms. The maximum Gasteiger partial charge on any atom is 0.253 e. The summed E-state index contributed by atoms with van der Waals surface area (Å²) in [6, 6.07) is 0. The Morgan fingerprint density at radius 1 is 1.12 bits per heavy atom. The number of carbonyl (C=O) groups excluding carboxylic acids is 1. The van der Waals surface area contributed by atoms with Gasteiger partial charge in [0, 0.05) is 52.4 Å². The standard InChI is InChI=1S/C18H25N5O3/c1-11-14(12(2)21(4)20-11)5-6-19-15-16(18(26)17(15)25)23-9-7-22(8-10-23)13(3)24/h19H,5-10H2,1-4H3. The van der Waals surface area contributed by atoms with E-state index in [-0.39, 0.29) is 5.91 Å². The fourth-order valence-corrected chi connectivity index (χ4v) is 3.58. The average molecular weight is 359 g/mol. The Labute approximate surface area is 152 Å². The summed E-state index contributed by atoms with van der Waals surface area (Å²) in [5.74, 6) is 0.0372. The number of carbonyl (C=O) groups is 1. The smallest absolute Gasteiger partial charge is 0.253 e. The first kappa shape index (κ1) is 18.2. The van der Waals surface area contributed by atoms with Crippen molar-refractivity contribution in [1.29, 1.82) is 0 Å². The molecular formula is C18H25N5O3. The molecule has 0 bridgehead atoms. The highest BCUT2D eigenvalue weighted by atomic mass is 16.2. The predicted octanol–water partition coefficient (Wildman–Crippen LogP) is -0.0440. The Bertz CT molecular complexity index is 899. The molecule has 1 amide bonds. The molecule has 0 aliphatic carbocycles. The van der Waals surface area contributed by atoms with Crippen molar-refractivity contribution >= 4 is 17.3 Å². The fraction of sp³-hybridized carbons (Fsp3) is 0.556. The van der Waals surface area contributed by atoms with Crippen molar-refractivity contribution < 1.29 is 4.79 Å². The van der Waals surface area contributed by atoms with Crippen LogP contribution < -0.4 is 21.1 Å². The van der Waals surface area contributed by atoms with Gasteiger partial charge in [0.05, 0.1) is 5.69 Å². The van der Waals surface area contributed by atoms with E-state index in [0.717, 1.165) is 23.4 Å². The molecule has 2 aromatic rings. The van der Waals surface area contributed by atoms with Gasteiger partial charge in [0.1, 0.15) is 11.4 Å². The number of piperazine rings is 1. The van der Waals surface area contributed by atoms with E-state index >= 15 is 0 Å². The molecule has 8 heteroatoms. The van der Waals surface area contributed by atoms with Gasteiger partial charge in [0.15, 0.2) is 0 Å². The molecule has 1 saturated heterocycles. The molecule has 0 unspecified atom stereocenters.